The van der Waals surface area contributed by atoms with Gasteiger partial charge in [-0.05, 0) is 0 Å². The minimum atomic E-state index is -0.612. The van der Waals surface area contributed by atoms with Crippen molar-refractivity contribution >= 4 is 45.3 Å². The van der Waals surface area contributed by atoms with Crippen molar-refractivity contribution in [3.63, 3.8) is 0 Å². The molecule has 0 spiro atoms. The van der Waals surface area contributed by atoms with Gasteiger partial charge in [0.2, 0.25) is 0 Å². The van der Waals surface area contributed by atoms with Crippen molar-refractivity contribution in [3.8, 4) is 0 Å². The minimum absolute atomic E-state index is 0.00772. The van der Waals surface area contributed by atoms with Gasteiger partial charge in [-0.25, -0.2) is 22.4 Å². The van der Waals surface area contributed by atoms with Gasteiger partial charge >= 0.3 is 0 Å². The maximum absolute atomic E-state index is 10.1. The predicted molar refractivity (Wildman–Crippen MR) is 40.4 cm³/mol. The molecule has 0 aliphatic heterocycles. The van der Waals surface area contributed by atoms with Crippen LogP contribution in [0.25, 0.3) is 0 Å². The highest BCUT2D eigenvalue weighted by Crippen LogP contribution is 1.99. The average molecular weight is 171 g/mol. The van der Waals surface area contributed by atoms with Gasteiger partial charge in [0.1, 0.15) is 0 Å². The Balaban J connectivity index is 3.53. The molecule has 7 heavy (non-hydrogen) atoms. The normalized spacial score (nSPS) is 9.43. The lowest BCUT2D eigenvalue weighted by Gasteiger charge is -1.93. The van der Waals surface area contributed by atoms with E-state index in [1.807, 2.05) is 0 Å². The van der Waals surface area contributed by atoms with E-state index < -0.39 is 7.05 Å². The third kappa shape index (κ3) is 6.81. The van der Waals surface area contributed by atoms with Gasteiger partial charge in [0.25, 0.3) is 0 Å². The smallest absolute Gasteiger partial charge is 0.165 e. The Bertz CT molecular complexity index is 127. The van der Waals surface area contributed by atoms with Crippen molar-refractivity contribution in [3.05, 3.63) is 0 Å². The van der Waals surface area contributed by atoms with Gasteiger partial charge in [-0.3, -0.25) is 11.8 Å². The molecule has 42 valence electrons. The first-order chi connectivity index (χ1) is 3.13. The molecule has 0 saturated heterocycles. The molecule has 0 aromatic carbocycles. The SMILES string of the molecule is CC(=O)S[S-](=S)=S. The molecule has 0 rings (SSSR count). The maximum Gasteiger partial charge on any atom is 0.165 e. The fourth-order valence-electron chi connectivity index (χ4n) is 0.0958. The Morgan fingerprint density at radius 2 is 2.14 bits per heavy atom. The molecule has 5 heteroatoms. The van der Waals surface area contributed by atoms with E-state index >= 15 is 0 Å². The predicted octanol–water partition coefficient (Wildman–Crippen LogP) is 0.723. The summed E-state index contributed by atoms with van der Waals surface area (Å²) in [4.78, 5) is 10.1. The first-order valence-electron chi connectivity index (χ1n) is 1.41. The fourth-order valence-corrected chi connectivity index (χ4v) is 2.59. The van der Waals surface area contributed by atoms with Gasteiger partial charge in [0.05, 0.1) is 0 Å². The zero-order valence-corrected chi connectivity index (χ0v) is 6.81. The quantitative estimate of drug-likeness (QED) is 0.427. The third-order valence-corrected chi connectivity index (χ3v) is 2.89. The second kappa shape index (κ2) is 3.77. The van der Waals surface area contributed by atoms with E-state index in [-0.39, 0.29) is 5.12 Å². The Morgan fingerprint density at radius 1 is 1.71 bits per heavy atom. The summed E-state index contributed by atoms with van der Waals surface area (Å²) < 4.78 is 0. The van der Waals surface area contributed by atoms with Crippen molar-refractivity contribution in [1.29, 1.82) is 0 Å². The molecule has 0 fully saturated rings. The van der Waals surface area contributed by atoms with E-state index in [0.29, 0.717) is 0 Å². The summed E-state index contributed by atoms with van der Waals surface area (Å²) in [5.41, 5.74) is 0. The molecule has 0 aromatic rings. The molecule has 0 atom stereocenters. The van der Waals surface area contributed by atoms with Crippen LogP contribution in [0.4, 0.5) is 0 Å². The Hall–Kier alpha value is 0.810. The van der Waals surface area contributed by atoms with Crippen molar-refractivity contribution in [1.82, 2.24) is 0 Å². The highest BCUT2D eigenvalue weighted by atomic mass is 33.5. The summed E-state index contributed by atoms with van der Waals surface area (Å²) in [7, 11) is 0.416. The molecule has 0 bridgehead atoms. The number of carbonyl (C=O) groups is 1. The summed E-state index contributed by atoms with van der Waals surface area (Å²) in [6, 6.07) is 0. The molecule has 0 aliphatic rings. The van der Waals surface area contributed by atoms with Gasteiger partial charge in [-0.15, -0.1) is 0 Å². The van der Waals surface area contributed by atoms with E-state index in [0.717, 1.165) is 10.8 Å². The third-order valence-electron chi connectivity index (χ3n) is 0.185. The summed E-state index contributed by atoms with van der Waals surface area (Å²) in [5.74, 6) is 0. The fraction of sp³-hybridized carbons (Fsp3) is 0.500. The van der Waals surface area contributed by atoms with Crippen LogP contribution in [-0.4, -0.2) is 5.12 Å². The maximum atomic E-state index is 10.1. The summed E-state index contributed by atoms with van der Waals surface area (Å²) in [5, 5.41) is 0.00772. The van der Waals surface area contributed by atoms with Crippen molar-refractivity contribution in [2.24, 2.45) is 0 Å². The van der Waals surface area contributed by atoms with Crippen LogP contribution in [0.3, 0.4) is 0 Å². The van der Waals surface area contributed by atoms with Crippen molar-refractivity contribution in [2.45, 2.75) is 6.92 Å². The van der Waals surface area contributed by atoms with Crippen LogP contribution in [0.5, 0.6) is 0 Å². The Morgan fingerprint density at radius 3 is 2.14 bits per heavy atom. The first-order valence-corrected chi connectivity index (χ1v) is 5.82. The minimum Gasteiger partial charge on any atom is -0.289 e. The van der Waals surface area contributed by atoms with E-state index in [4.69, 9.17) is 0 Å². The molecule has 0 aliphatic carbocycles. The average Bonchev–Trinajstić information content (AvgIpc) is 1.27. The van der Waals surface area contributed by atoms with Crippen LogP contribution >= 0.6 is 10.8 Å². The molecule has 1 nitrogen and oxygen atoms in total. The monoisotopic (exact) mass is 171 g/mol. The summed E-state index contributed by atoms with van der Waals surface area (Å²) >= 11 is 9.08. The Kier molecular flexibility index (Phi) is 4.20. The van der Waals surface area contributed by atoms with Gasteiger partial charge in [-0.2, -0.15) is 10.8 Å². The number of rotatable bonds is 1. The van der Waals surface area contributed by atoms with Gasteiger partial charge in [-0.1, -0.05) is 0 Å². The van der Waals surface area contributed by atoms with Crippen LogP contribution in [0.2, 0.25) is 0 Å². The molecule has 0 aromatic heterocycles. The second-order valence-electron chi connectivity index (χ2n) is 0.779. The van der Waals surface area contributed by atoms with E-state index in [1.54, 1.807) is 0 Å². The standard InChI is InChI=1S/C2H3OS4/c1-2(3)6-7(4)5/h1H3/q-1. The molecule has 0 radical (unpaired) electrons. The van der Waals surface area contributed by atoms with Crippen molar-refractivity contribution < 1.29 is 4.79 Å². The molecular formula is C2H3OS4-. The van der Waals surface area contributed by atoms with Gasteiger partial charge < -0.3 is 0 Å². The van der Waals surface area contributed by atoms with E-state index in [9.17, 15) is 4.79 Å². The number of carbonyl (C=O) groups excluding carboxylic acids is 1. The molecule has 0 heterocycles. The van der Waals surface area contributed by atoms with Crippen molar-refractivity contribution in [2.75, 3.05) is 0 Å². The lowest BCUT2D eigenvalue weighted by Crippen LogP contribution is -1.76. The highest BCUT2D eigenvalue weighted by Gasteiger charge is 1.76. The van der Waals surface area contributed by atoms with E-state index in [2.05, 4.69) is 22.4 Å². The number of hydrogen-bond acceptors (Lipinski definition) is 5. The zero-order chi connectivity index (χ0) is 5.86. The van der Waals surface area contributed by atoms with Gasteiger partial charge in [0.15, 0.2) is 5.12 Å². The van der Waals surface area contributed by atoms with Crippen LogP contribution in [0, 0.1) is 0 Å². The Labute approximate surface area is 57.1 Å². The van der Waals surface area contributed by atoms with Crippen LogP contribution in [-0.2, 0) is 34.2 Å². The lowest BCUT2D eigenvalue weighted by atomic mass is 10.9. The summed E-state index contributed by atoms with van der Waals surface area (Å²) in [6.07, 6.45) is 0. The summed E-state index contributed by atoms with van der Waals surface area (Å²) in [6.45, 7) is 1.46. The molecule has 0 unspecified atom stereocenters. The largest absolute Gasteiger partial charge is 0.289 e. The molecule has 0 saturated carbocycles. The van der Waals surface area contributed by atoms with E-state index in [1.165, 1.54) is 6.92 Å². The number of hydrogen-bond donors (Lipinski definition) is 0. The van der Waals surface area contributed by atoms with Crippen LogP contribution in [0.1, 0.15) is 6.92 Å². The molecular weight excluding hydrogens is 168 g/mol. The molecule has 0 amide bonds. The van der Waals surface area contributed by atoms with Crippen LogP contribution in [0.15, 0.2) is 0 Å². The molecule has 0 N–H and O–H groups in total. The highest BCUT2D eigenvalue weighted by molar-refractivity contribution is 8.94. The topological polar surface area (TPSA) is 17.1 Å². The van der Waals surface area contributed by atoms with Gasteiger partial charge in [0, 0.05) is 6.92 Å². The van der Waals surface area contributed by atoms with Crippen LogP contribution < -0.4 is 0 Å². The lowest BCUT2D eigenvalue weighted by molar-refractivity contribution is -0.109. The second-order valence-corrected chi connectivity index (χ2v) is 7.33. The first kappa shape index (κ1) is 7.81. The zero-order valence-electron chi connectivity index (χ0n) is 3.54.